The lowest BCUT2D eigenvalue weighted by Crippen LogP contribution is -2.10. The molecule has 2 aromatic rings. The van der Waals surface area contributed by atoms with Crippen molar-refractivity contribution in [2.45, 2.75) is 13.0 Å². The number of nitrogens with one attached hydrogen (secondary N) is 2. The van der Waals surface area contributed by atoms with Gasteiger partial charge in [-0.15, -0.1) is 0 Å². The third-order valence-corrected chi connectivity index (χ3v) is 3.06. The van der Waals surface area contributed by atoms with Gasteiger partial charge in [-0.05, 0) is 23.8 Å². The summed E-state index contributed by atoms with van der Waals surface area (Å²) < 4.78 is 5.45. The van der Waals surface area contributed by atoms with Crippen molar-refractivity contribution in [3.8, 4) is 17.0 Å². The number of hydrogen-bond donors (Lipinski definition) is 3. The minimum absolute atomic E-state index is 0.153. The second-order valence-electron chi connectivity index (χ2n) is 4.06. The maximum atomic E-state index is 11.5. The van der Waals surface area contributed by atoms with E-state index in [1.165, 1.54) is 5.56 Å². The molecule has 2 heterocycles. The van der Waals surface area contributed by atoms with Crippen LogP contribution in [0.5, 0.6) is 5.75 Å². The molecule has 1 aromatic carbocycles. The highest BCUT2D eigenvalue weighted by molar-refractivity contribution is 5.65. The van der Waals surface area contributed by atoms with Crippen LogP contribution in [0.15, 0.2) is 23.0 Å². The standard InChI is InChI=1S/C12H13N3O2/c13-6-9-11(14-15-12(9)16)8-1-2-10-7(5-8)3-4-17-10/h1-2,5H,3-4,6,13H2,(H2,14,15,16). The van der Waals surface area contributed by atoms with Gasteiger partial charge >= 0.3 is 0 Å². The summed E-state index contributed by atoms with van der Waals surface area (Å²) in [4.78, 5) is 11.5. The highest BCUT2D eigenvalue weighted by atomic mass is 16.5. The van der Waals surface area contributed by atoms with E-state index >= 15 is 0 Å². The second-order valence-corrected chi connectivity index (χ2v) is 4.06. The Morgan fingerprint density at radius 2 is 2.24 bits per heavy atom. The summed E-state index contributed by atoms with van der Waals surface area (Å²) in [5.74, 6) is 0.931. The smallest absolute Gasteiger partial charge is 0.269 e. The van der Waals surface area contributed by atoms with E-state index in [1.54, 1.807) is 0 Å². The Bertz CT molecular complexity index is 612. The number of ether oxygens (including phenoxy) is 1. The Balaban J connectivity index is 2.12. The number of nitrogens with two attached hydrogens (primary N) is 1. The first-order valence-corrected chi connectivity index (χ1v) is 5.55. The van der Waals surface area contributed by atoms with E-state index in [1.807, 2.05) is 18.2 Å². The van der Waals surface area contributed by atoms with Gasteiger partial charge in [0.25, 0.3) is 5.56 Å². The Kier molecular flexibility index (Phi) is 2.26. The summed E-state index contributed by atoms with van der Waals surface area (Å²) in [6, 6.07) is 5.91. The molecule has 88 valence electrons. The molecule has 0 amide bonds. The molecular weight excluding hydrogens is 218 g/mol. The van der Waals surface area contributed by atoms with Crippen LogP contribution in [0.25, 0.3) is 11.3 Å². The zero-order valence-corrected chi connectivity index (χ0v) is 9.25. The fourth-order valence-electron chi connectivity index (χ4n) is 2.17. The fourth-order valence-corrected chi connectivity index (χ4v) is 2.17. The summed E-state index contributed by atoms with van der Waals surface area (Å²) in [5, 5.41) is 5.44. The van der Waals surface area contributed by atoms with E-state index in [0.717, 1.165) is 30.0 Å². The number of aromatic amines is 2. The Morgan fingerprint density at radius 3 is 3.06 bits per heavy atom. The SMILES string of the molecule is NCc1c(-c2ccc3c(c2)CCO3)[nH][nH]c1=O. The van der Waals surface area contributed by atoms with Gasteiger partial charge < -0.3 is 10.5 Å². The average Bonchev–Trinajstić information content (AvgIpc) is 2.93. The van der Waals surface area contributed by atoms with Gasteiger partial charge in [-0.2, -0.15) is 0 Å². The average molecular weight is 231 g/mol. The number of H-pyrrole nitrogens is 2. The van der Waals surface area contributed by atoms with E-state index in [2.05, 4.69) is 10.2 Å². The molecule has 0 aliphatic carbocycles. The zero-order valence-electron chi connectivity index (χ0n) is 9.25. The maximum Gasteiger partial charge on any atom is 0.269 e. The first-order chi connectivity index (χ1) is 8.29. The van der Waals surface area contributed by atoms with Crippen molar-refractivity contribution in [2.24, 2.45) is 5.73 Å². The molecule has 5 heteroatoms. The molecule has 0 saturated heterocycles. The summed E-state index contributed by atoms with van der Waals surface area (Å²) in [7, 11) is 0. The number of aromatic nitrogens is 2. The first-order valence-electron chi connectivity index (χ1n) is 5.55. The fraction of sp³-hybridized carbons (Fsp3) is 0.250. The molecule has 0 spiro atoms. The van der Waals surface area contributed by atoms with Gasteiger partial charge in [0.1, 0.15) is 5.75 Å². The van der Waals surface area contributed by atoms with Gasteiger partial charge in [-0.1, -0.05) is 0 Å². The van der Waals surface area contributed by atoms with Crippen LogP contribution in [0, 0.1) is 0 Å². The van der Waals surface area contributed by atoms with E-state index in [0.29, 0.717) is 5.56 Å². The molecule has 17 heavy (non-hydrogen) atoms. The molecule has 1 aromatic heterocycles. The van der Waals surface area contributed by atoms with Crippen molar-refractivity contribution >= 4 is 0 Å². The molecule has 4 N–H and O–H groups in total. The summed E-state index contributed by atoms with van der Waals surface area (Å²) in [6.07, 6.45) is 0.912. The molecule has 1 aliphatic heterocycles. The molecule has 0 unspecified atom stereocenters. The van der Waals surface area contributed by atoms with Crippen LogP contribution in [-0.4, -0.2) is 16.8 Å². The van der Waals surface area contributed by atoms with Crippen LogP contribution in [-0.2, 0) is 13.0 Å². The largest absolute Gasteiger partial charge is 0.493 e. The predicted octanol–water partition coefficient (Wildman–Crippen LogP) is 0.764. The molecule has 0 atom stereocenters. The number of rotatable bonds is 2. The van der Waals surface area contributed by atoms with E-state index in [9.17, 15) is 4.79 Å². The van der Waals surface area contributed by atoms with Crippen LogP contribution in [0.1, 0.15) is 11.1 Å². The number of hydrogen-bond acceptors (Lipinski definition) is 3. The molecule has 1 aliphatic rings. The summed E-state index contributed by atoms with van der Waals surface area (Å²) in [5.41, 5.74) is 8.92. The predicted molar refractivity (Wildman–Crippen MR) is 63.9 cm³/mol. The van der Waals surface area contributed by atoms with Crippen molar-refractivity contribution < 1.29 is 4.74 Å². The Hall–Kier alpha value is -2.01. The summed E-state index contributed by atoms with van der Waals surface area (Å²) in [6.45, 7) is 0.952. The topological polar surface area (TPSA) is 83.9 Å². The van der Waals surface area contributed by atoms with E-state index in [-0.39, 0.29) is 12.1 Å². The third kappa shape index (κ3) is 1.55. The van der Waals surface area contributed by atoms with Crippen molar-refractivity contribution in [1.29, 1.82) is 0 Å². The summed E-state index contributed by atoms with van der Waals surface area (Å²) >= 11 is 0. The molecule has 5 nitrogen and oxygen atoms in total. The van der Waals surface area contributed by atoms with Gasteiger partial charge in [0.05, 0.1) is 17.9 Å². The van der Waals surface area contributed by atoms with Gasteiger partial charge in [0.2, 0.25) is 0 Å². The molecule has 0 bridgehead atoms. The van der Waals surface area contributed by atoms with E-state index in [4.69, 9.17) is 10.5 Å². The monoisotopic (exact) mass is 231 g/mol. The van der Waals surface area contributed by atoms with Gasteiger partial charge in [0.15, 0.2) is 0 Å². The molecular formula is C12H13N3O2. The van der Waals surface area contributed by atoms with Crippen LogP contribution >= 0.6 is 0 Å². The lowest BCUT2D eigenvalue weighted by Gasteiger charge is -2.03. The Morgan fingerprint density at radius 1 is 1.35 bits per heavy atom. The Labute approximate surface area is 97.6 Å². The van der Waals surface area contributed by atoms with Gasteiger partial charge in [-0.25, -0.2) is 0 Å². The van der Waals surface area contributed by atoms with Crippen LogP contribution in [0.3, 0.4) is 0 Å². The molecule has 3 rings (SSSR count). The second kappa shape index (κ2) is 3.78. The van der Waals surface area contributed by atoms with Crippen molar-refractivity contribution in [3.63, 3.8) is 0 Å². The number of benzene rings is 1. The molecule has 0 fully saturated rings. The normalized spacial score (nSPS) is 13.5. The van der Waals surface area contributed by atoms with Gasteiger partial charge in [-0.3, -0.25) is 15.0 Å². The van der Waals surface area contributed by atoms with Crippen LogP contribution < -0.4 is 16.0 Å². The molecule has 0 saturated carbocycles. The third-order valence-electron chi connectivity index (χ3n) is 3.06. The lowest BCUT2D eigenvalue weighted by molar-refractivity contribution is 0.357. The highest BCUT2D eigenvalue weighted by Gasteiger charge is 2.15. The maximum absolute atomic E-state index is 11.5. The van der Waals surface area contributed by atoms with Crippen LogP contribution in [0.2, 0.25) is 0 Å². The first kappa shape index (κ1) is 10.2. The molecule has 0 radical (unpaired) electrons. The van der Waals surface area contributed by atoms with Crippen molar-refractivity contribution in [1.82, 2.24) is 10.2 Å². The van der Waals surface area contributed by atoms with Crippen LogP contribution in [0.4, 0.5) is 0 Å². The quantitative estimate of drug-likeness (QED) is 0.713. The van der Waals surface area contributed by atoms with Gasteiger partial charge in [0, 0.05) is 18.5 Å². The van der Waals surface area contributed by atoms with Crippen molar-refractivity contribution in [3.05, 3.63) is 39.7 Å². The zero-order chi connectivity index (χ0) is 11.8. The van der Waals surface area contributed by atoms with Crippen molar-refractivity contribution in [2.75, 3.05) is 6.61 Å². The minimum Gasteiger partial charge on any atom is -0.493 e. The lowest BCUT2D eigenvalue weighted by atomic mass is 10.0. The highest BCUT2D eigenvalue weighted by Crippen LogP contribution is 2.30. The van der Waals surface area contributed by atoms with E-state index < -0.39 is 0 Å². The minimum atomic E-state index is -0.153. The number of fused-ring (bicyclic) bond motifs is 1.